The summed E-state index contributed by atoms with van der Waals surface area (Å²) in [4.78, 5) is 23.1. The number of esters is 1. The summed E-state index contributed by atoms with van der Waals surface area (Å²) in [5.41, 5.74) is 1.22. The number of hydrogen-bond acceptors (Lipinski definition) is 3. The number of rotatable bonds is 2. The Bertz CT molecular complexity index is 452. The van der Waals surface area contributed by atoms with Crippen LogP contribution in [-0.2, 0) is 30.6 Å². The van der Waals surface area contributed by atoms with E-state index in [0.29, 0.717) is 12.1 Å². The number of amides is 1. The number of carbonyl (C=O) groups excluding carboxylic acids is 1. The van der Waals surface area contributed by atoms with E-state index in [-0.39, 0.29) is 64.1 Å². The van der Waals surface area contributed by atoms with Crippen molar-refractivity contribution in [1.82, 2.24) is 0 Å². The van der Waals surface area contributed by atoms with Crippen molar-refractivity contribution in [3.05, 3.63) is 36.4 Å². The van der Waals surface area contributed by atoms with Gasteiger partial charge in [0.25, 0.3) is 5.97 Å². The third kappa shape index (κ3) is 4.34. The Balaban J connectivity index is 0.00000162. The zero-order valence-electron chi connectivity index (χ0n) is 10.1. The van der Waals surface area contributed by atoms with Crippen molar-refractivity contribution in [3.63, 3.8) is 0 Å². The molecule has 1 aromatic carbocycles. The molecule has 0 bridgehead atoms. The van der Waals surface area contributed by atoms with Crippen molar-refractivity contribution < 1.29 is 71.6 Å². The van der Waals surface area contributed by atoms with Crippen LogP contribution in [0.3, 0.4) is 0 Å². The molecule has 1 atom stereocenters. The van der Waals surface area contributed by atoms with Gasteiger partial charge >= 0.3 is 6.09 Å². The minimum atomic E-state index is -1.05. The molecule has 19 heavy (non-hydrogen) atoms. The summed E-state index contributed by atoms with van der Waals surface area (Å²) < 4.78 is 4.75. The summed E-state index contributed by atoms with van der Waals surface area (Å²) in [5, 5.41) is 8.79. The zero-order valence-corrected chi connectivity index (χ0v) is 17.2. The Kier molecular flexibility index (Phi) is 7.96. The Hall–Kier alpha value is -0.300. The number of carboxylic acid groups (broad SMARTS) is 1. The van der Waals surface area contributed by atoms with E-state index in [1.54, 1.807) is 18.2 Å². The number of carbonyl (C=O) groups is 2. The van der Waals surface area contributed by atoms with Crippen LogP contribution in [0.25, 0.3) is 0 Å². The van der Waals surface area contributed by atoms with E-state index in [0.717, 1.165) is 10.5 Å². The van der Waals surface area contributed by atoms with Crippen molar-refractivity contribution in [2.24, 2.45) is 0 Å². The maximum atomic E-state index is 11.3. The van der Waals surface area contributed by atoms with Crippen molar-refractivity contribution in [2.45, 2.75) is 12.3 Å². The van der Waals surface area contributed by atoms with Gasteiger partial charge in [0.2, 0.25) is 0 Å². The van der Waals surface area contributed by atoms with Gasteiger partial charge in [-0.1, -0.05) is 5.69 Å². The quantitative estimate of drug-likeness (QED) is 0.391. The van der Waals surface area contributed by atoms with Gasteiger partial charge in [0.15, 0.2) is 0 Å². The first-order valence-electron chi connectivity index (χ1n) is 5.10. The smallest absolute Gasteiger partial charge is 0.409 e. The minimum absolute atomic E-state index is 0. The Morgan fingerprint density at radius 2 is 2.26 bits per heavy atom. The number of cyclic esters (lactones) is 1. The van der Waals surface area contributed by atoms with Crippen LogP contribution in [-0.4, -0.2) is 24.2 Å². The zero-order chi connectivity index (χ0) is 12.4. The first kappa shape index (κ1) is 18.7. The molecule has 1 unspecified atom stereocenters. The van der Waals surface area contributed by atoms with Crippen molar-refractivity contribution in [3.8, 4) is 0 Å². The van der Waals surface area contributed by atoms with Gasteiger partial charge < -0.3 is 14.7 Å². The van der Waals surface area contributed by atoms with Crippen LogP contribution in [0.4, 0.5) is 10.5 Å². The minimum Gasteiger partial charge on any atom is -0.637 e. The van der Waals surface area contributed by atoms with Crippen LogP contribution in [0.2, 0.25) is 0 Å². The van der Waals surface area contributed by atoms with Crippen LogP contribution >= 0.6 is 0 Å². The number of hydrogen-bond donors (Lipinski definition) is 1. The number of anilines is 1. The first-order chi connectivity index (χ1) is 8.09. The Morgan fingerprint density at radius 1 is 1.58 bits per heavy atom. The Labute approximate surface area is 149 Å². The van der Waals surface area contributed by atoms with E-state index >= 15 is 0 Å². The first-order valence-corrected chi connectivity index (χ1v) is 5.10. The van der Waals surface area contributed by atoms with Crippen LogP contribution in [0.5, 0.6) is 0 Å². The largest absolute Gasteiger partial charge is 0.637 e. The van der Waals surface area contributed by atoms with Crippen LogP contribution in [0.15, 0.2) is 18.2 Å². The van der Waals surface area contributed by atoms with Gasteiger partial charge in [0, 0.05) is 65.1 Å². The third-order valence-electron chi connectivity index (χ3n) is 2.69. The van der Waals surface area contributed by atoms with E-state index in [2.05, 4.69) is 6.07 Å². The molecule has 5 nitrogen and oxygen atoms in total. The van der Waals surface area contributed by atoms with Gasteiger partial charge in [-0.15, -0.1) is 18.1 Å². The van der Waals surface area contributed by atoms with Gasteiger partial charge in [-0.05, 0) is 0 Å². The summed E-state index contributed by atoms with van der Waals surface area (Å²) in [5.74, 6) is -0.576. The van der Waals surface area contributed by atoms with E-state index in [1.807, 2.05) is 0 Å². The molecule has 1 aliphatic rings. The fraction of sp³-hybridized carbons (Fsp3) is 0.250. The van der Waals surface area contributed by atoms with Gasteiger partial charge in [0.1, 0.15) is 0 Å². The van der Waals surface area contributed by atoms with E-state index in [1.165, 1.54) is 13.7 Å². The van der Waals surface area contributed by atoms with Crippen LogP contribution in [0.1, 0.15) is 17.9 Å². The molecule has 7 heteroatoms. The van der Waals surface area contributed by atoms with Gasteiger partial charge in [0.05, 0.1) is 0 Å². The van der Waals surface area contributed by atoms with Crippen molar-refractivity contribution in [2.75, 3.05) is 11.9 Å². The molecule has 0 radical (unpaired) electrons. The monoisotopic (exact) mass is 655 g/mol. The second-order valence-corrected chi connectivity index (χ2v) is 3.74. The van der Waals surface area contributed by atoms with Crippen molar-refractivity contribution >= 4 is 17.7 Å². The van der Waals surface area contributed by atoms with E-state index < -0.39 is 6.09 Å². The van der Waals surface area contributed by atoms with Gasteiger partial charge in [-0.2, -0.15) is 24.8 Å². The number of benzene rings is 1. The molecular weight excluding hydrogens is 644 g/mol. The summed E-state index contributed by atoms with van der Waals surface area (Å²) in [7, 11) is 1.44. The molecule has 0 saturated carbocycles. The average Bonchev–Trinajstić information content (AvgIpc) is 2.74. The van der Waals surface area contributed by atoms with Crippen molar-refractivity contribution in [1.29, 1.82) is 0 Å². The predicted octanol–water partition coefficient (Wildman–Crippen LogP) is 1.79. The summed E-state index contributed by atoms with van der Waals surface area (Å²) in [6, 6.07) is 7.80. The predicted molar refractivity (Wildman–Crippen MR) is 59.5 cm³/mol. The molecule has 1 fully saturated rings. The van der Waals surface area contributed by atoms with Gasteiger partial charge in [-0.25, -0.2) is 4.79 Å². The van der Waals surface area contributed by atoms with E-state index in [9.17, 15) is 9.59 Å². The van der Waals surface area contributed by atoms with E-state index in [4.69, 9.17) is 9.84 Å². The summed E-state index contributed by atoms with van der Waals surface area (Å²) in [6.45, 7) is 1.48. The molecule has 0 spiro atoms. The van der Waals surface area contributed by atoms with Crippen LogP contribution < -0.4 is 4.90 Å². The average molecular weight is 655 g/mol. The second kappa shape index (κ2) is 8.09. The molecule has 100 valence electrons. The summed E-state index contributed by atoms with van der Waals surface area (Å²) >= 11 is 0. The molecule has 0 aliphatic carbocycles. The maximum Gasteiger partial charge on any atom is 0.409 e. The topological polar surface area (TPSA) is 66.8 Å². The number of ether oxygens (including phenoxy) is 1. The third-order valence-corrected chi connectivity index (χ3v) is 2.69. The SMILES string of the molecule is CN(C(=O)O)c1[c-]cc(C2C[CH-]OC2=O)cc1.[U].[W]. The molecule has 1 heterocycles. The fourth-order valence-electron chi connectivity index (χ4n) is 1.63. The summed E-state index contributed by atoms with van der Waals surface area (Å²) in [6.07, 6.45) is -0.511. The molecule has 1 N–H and O–H groups in total. The molecule has 1 saturated heterocycles. The Morgan fingerprint density at radius 3 is 2.68 bits per heavy atom. The number of nitrogens with zero attached hydrogens (tertiary/aromatic N) is 1. The van der Waals surface area contributed by atoms with Crippen LogP contribution in [0, 0.1) is 43.8 Å². The molecule has 1 aliphatic heterocycles. The second-order valence-electron chi connectivity index (χ2n) is 3.74. The standard InChI is InChI=1S/C12H11NO4.U.W/c1-13(12(15)16)9-4-2-8(3-5-9)10-6-7-17-11(10)14;;/h2-4,7,10H,6H2,1H3,(H,15,16);;/q-2;;. The molecule has 1 aromatic rings. The normalized spacial score (nSPS) is 16.9. The van der Waals surface area contributed by atoms with Gasteiger partial charge in [-0.3, -0.25) is 4.79 Å². The fourth-order valence-corrected chi connectivity index (χ4v) is 1.63. The molecule has 1 amide bonds. The molecule has 2 rings (SSSR count). The molecular formula is C12H11NO4UW-2. The maximum absolute atomic E-state index is 11.3. The molecule has 0 aromatic heterocycles.